The fourth-order valence-electron chi connectivity index (χ4n) is 2.66. The zero-order valence-corrected chi connectivity index (χ0v) is 10.2. The normalized spacial score (nSPS) is 33.2. The molecule has 0 fully saturated rings. The summed E-state index contributed by atoms with van der Waals surface area (Å²) in [5.74, 6) is 0. The molecule has 69 valence electrons. The van der Waals surface area contributed by atoms with E-state index in [9.17, 15) is 0 Å². The molecule has 2 aliphatic carbocycles. The first-order valence-electron chi connectivity index (χ1n) is 5.35. The summed E-state index contributed by atoms with van der Waals surface area (Å²) < 4.78 is 0.393. The average molecular weight is 209 g/mol. The zero-order valence-electron chi connectivity index (χ0n) is 8.61. The fraction of sp³-hybridized carbons (Fsp3) is 0.667. The summed E-state index contributed by atoms with van der Waals surface area (Å²) in [6, 6.07) is 0. The molecule has 0 aromatic carbocycles. The van der Waals surface area contributed by atoms with E-state index in [1.165, 1.54) is 32.1 Å². The Balaban J connectivity index is 2.36. The predicted octanol–water partition coefficient (Wildman–Crippen LogP) is 3.93. The molecule has 1 unspecified atom stereocenters. The molecule has 0 aromatic heterocycles. The van der Waals surface area contributed by atoms with Gasteiger partial charge in [-0.2, -0.15) is 0 Å². The van der Waals surface area contributed by atoms with Crippen LogP contribution in [0.4, 0.5) is 0 Å². The van der Waals surface area contributed by atoms with Gasteiger partial charge in [-0.05, 0) is 0 Å². The fourth-order valence-corrected chi connectivity index (χ4v) is 3.50. The molecule has 0 N–H and O–H groups in total. The van der Waals surface area contributed by atoms with Crippen LogP contribution in [-0.2, 0) is 20.4 Å². The van der Waals surface area contributed by atoms with E-state index in [0.29, 0.717) is 3.72 Å². The predicted molar refractivity (Wildman–Crippen MR) is 52.2 cm³/mol. The van der Waals surface area contributed by atoms with E-state index in [1.54, 1.807) is 16.7 Å². The van der Waals surface area contributed by atoms with Crippen molar-refractivity contribution in [1.29, 1.82) is 0 Å². The van der Waals surface area contributed by atoms with E-state index in [4.69, 9.17) is 0 Å². The van der Waals surface area contributed by atoms with Crippen molar-refractivity contribution in [1.82, 2.24) is 0 Å². The third-order valence-electron chi connectivity index (χ3n) is 3.49. The molecular formula is C12H17Ti. The first-order chi connectivity index (χ1) is 6.16. The molecule has 0 nitrogen and oxygen atoms in total. The molecule has 0 radical (unpaired) electrons. The van der Waals surface area contributed by atoms with E-state index in [-0.39, 0.29) is 0 Å². The van der Waals surface area contributed by atoms with Gasteiger partial charge in [0.2, 0.25) is 0 Å². The number of hydrogen-bond acceptors (Lipinski definition) is 0. The van der Waals surface area contributed by atoms with E-state index in [0.717, 1.165) is 0 Å². The van der Waals surface area contributed by atoms with Crippen molar-refractivity contribution in [3.8, 4) is 0 Å². The Morgan fingerprint density at radius 1 is 1.38 bits per heavy atom. The molecule has 13 heavy (non-hydrogen) atoms. The average Bonchev–Trinajstić information content (AvgIpc) is 2.39. The summed E-state index contributed by atoms with van der Waals surface area (Å²) in [5, 5.41) is 0. The number of rotatable bonds is 1. The molecule has 0 spiro atoms. The summed E-state index contributed by atoms with van der Waals surface area (Å²) >= 11 is 2.40. The topological polar surface area (TPSA) is 0 Å². The standard InChI is InChI=1S/C12H17.Ti/c1-3-10-8-11-6-4-5-7-12(11)9(10)2;/h8H,3-7H2,1-2H3;. The van der Waals surface area contributed by atoms with Crippen LogP contribution in [0.2, 0.25) is 3.72 Å². The van der Waals surface area contributed by atoms with E-state index < -0.39 is 0 Å². The van der Waals surface area contributed by atoms with Gasteiger partial charge in [0.15, 0.2) is 0 Å². The van der Waals surface area contributed by atoms with Gasteiger partial charge in [-0.3, -0.25) is 0 Å². The van der Waals surface area contributed by atoms with Crippen molar-refractivity contribution in [2.75, 3.05) is 0 Å². The van der Waals surface area contributed by atoms with Gasteiger partial charge in [-0.1, -0.05) is 0 Å². The Labute approximate surface area is 92.9 Å². The molecule has 1 atom stereocenters. The van der Waals surface area contributed by atoms with Gasteiger partial charge in [0, 0.05) is 0 Å². The van der Waals surface area contributed by atoms with E-state index >= 15 is 0 Å². The maximum atomic E-state index is 2.48. The van der Waals surface area contributed by atoms with Crippen LogP contribution in [0.5, 0.6) is 0 Å². The molecule has 1 heteroatoms. The SMILES string of the molecule is CCC1=CC2=C(CCCC2)[C]1(C)[Ti]. The minimum atomic E-state index is 0.393. The second kappa shape index (κ2) is 3.40. The molecule has 0 amide bonds. The van der Waals surface area contributed by atoms with Crippen LogP contribution in [0, 0.1) is 0 Å². The van der Waals surface area contributed by atoms with Crippen molar-refractivity contribution in [3.63, 3.8) is 0 Å². The van der Waals surface area contributed by atoms with Gasteiger partial charge >= 0.3 is 92.9 Å². The van der Waals surface area contributed by atoms with Crippen molar-refractivity contribution < 1.29 is 20.4 Å². The Morgan fingerprint density at radius 2 is 2.08 bits per heavy atom. The Morgan fingerprint density at radius 3 is 2.69 bits per heavy atom. The van der Waals surface area contributed by atoms with Crippen LogP contribution in [-0.4, -0.2) is 0 Å². The summed E-state index contributed by atoms with van der Waals surface area (Å²) in [6.45, 7) is 4.68. The first-order valence-corrected chi connectivity index (χ1v) is 6.13. The third-order valence-corrected chi connectivity index (χ3v) is 4.46. The van der Waals surface area contributed by atoms with Crippen molar-refractivity contribution in [3.05, 3.63) is 22.8 Å². The Bertz CT molecular complexity index is 281. The van der Waals surface area contributed by atoms with Gasteiger partial charge in [-0.15, -0.1) is 0 Å². The van der Waals surface area contributed by atoms with Crippen LogP contribution >= 0.6 is 0 Å². The summed E-state index contributed by atoms with van der Waals surface area (Å²) in [6.07, 6.45) is 9.20. The molecule has 0 saturated carbocycles. The monoisotopic (exact) mass is 209 g/mol. The van der Waals surface area contributed by atoms with Gasteiger partial charge in [-0.25, -0.2) is 0 Å². The van der Waals surface area contributed by atoms with Crippen LogP contribution < -0.4 is 0 Å². The molecule has 0 aliphatic heterocycles. The van der Waals surface area contributed by atoms with Crippen molar-refractivity contribution in [2.24, 2.45) is 0 Å². The molecule has 0 heterocycles. The molecular weight excluding hydrogens is 192 g/mol. The van der Waals surface area contributed by atoms with Crippen LogP contribution in [0.1, 0.15) is 46.0 Å². The van der Waals surface area contributed by atoms with E-state index in [2.05, 4.69) is 40.4 Å². The zero-order chi connectivity index (χ0) is 9.47. The summed E-state index contributed by atoms with van der Waals surface area (Å²) in [7, 11) is 0. The first kappa shape index (κ1) is 9.74. The number of hydrogen-bond donors (Lipinski definition) is 0. The van der Waals surface area contributed by atoms with Crippen molar-refractivity contribution in [2.45, 2.75) is 49.7 Å². The second-order valence-electron chi connectivity index (χ2n) is 4.36. The third kappa shape index (κ3) is 1.49. The van der Waals surface area contributed by atoms with Crippen LogP contribution in [0.3, 0.4) is 0 Å². The number of allylic oxidation sites excluding steroid dienone is 4. The van der Waals surface area contributed by atoms with Gasteiger partial charge in [0.25, 0.3) is 0 Å². The van der Waals surface area contributed by atoms with Gasteiger partial charge in [0.05, 0.1) is 0 Å². The molecule has 0 bridgehead atoms. The van der Waals surface area contributed by atoms with E-state index in [1.807, 2.05) is 0 Å². The minimum absolute atomic E-state index is 0.393. The second-order valence-corrected chi connectivity index (χ2v) is 5.92. The Hall–Kier alpha value is 0.194. The molecule has 0 aromatic rings. The summed E-state index contributed by atoms with van der Waals surface area (Å²) in [5.41, 5.74) is 5.07. The van der Waals surface area contributed by atoms with Crippen molar-refractivity contribution >= 4 is 0 Å². The van der Waals surface area contributed by atoms with Crippen LogP contribution in [0.15, 0.2) is 22.8 Å². The molecule has 2 aliphatic rings. The Kier molecular flexibility index (Phi) is 2.55. The van der Waals surface area contributed by atoms with Gasteiger partial charge < -0.3 is 0 Å². The quantitative estimate of drug-likeness (QED) is 0.574. The van der Waals surface area contributed by atoms with Crippen LogP contribution in [0.25, 0.3) is 0 Å². The van der Waals surface area contributed by atoms with Gasteiger partial charge in [0.1, 0.15) is 0 Å². The summed E-state index contributed by atoms with van der Waals surface area (Å²) in [4.78, 5) is 0. The maximum absolute atomic E-state index is 2.48. The molecule has 2 rings (SSSR count). The molecule has 0 saturated heterocycles.